The molecule has 3 heterocycles. The van der Waals surface area contributed by atoms with Gasteiger partial charge in [0.15, 0.2) is 0 Å². The molecule has 0 saturated carbocycles. The predicted molar refractivity (Wildman–Crippen MR) is 124 cm³/mol. The molecule has 2 aliphatic rings. The molecule has 7 heteroatoms. The van der Waals surface area contributed by atoms with E-state index in [9.17, 15) is 0 Å². The third-order valence-corrected chi connectivity index (χ3v) is 8.24. The summed E-state index contributed by atoms with van der Waals surface area (Å²) in [6.07, 6.45) is 4.92. The highest BCUT2D eigenvalue weighted by Crippen LogP contribution is 2.41. The summed E-state index contributed by atoms with van der Waals surface area (Å²) < 4.78 is 5.32. The molecule has 3 aromatic rings. The molecule has 1 fully saturated rings. The van der Waals surface area contributed by atoms with Crippen LogP contribution in [-0.4, -0.2) is 60.1 Å². The van der Waals surface area contributed by atoms with Gasteiger partial charge in [0.05, 0.1) is 13.7 Å². The van der Waals surface area contributed by atoms with Crippen LogP contribution in [0.5, 0.6) is 5.75 Å². The first-order chi connectivity index (χ1) is 14.7. The highest BCUT2D eigenvalue weighted by molar-refractivity contribution is 7.99. The number of thiophene rings is 1. The fraction of sp³-hybridized carbons (Fsp3) is 0.478. The van der Waals surface area contributed by atoms with Crippen molar-refractivity contribution >= 4 is 33.3 Å². The van der Waals surface area contributed by atoms with E-state index >= 15 is 0 Å². The smallest absolute Gasteiger partial charge is 0.145 e. The quantitative estimate of drug-likeness (QED) is 0.545. The summed E-state index contributed by atoms with van der Waals surface area (Å²) in [4.78, 5) is 18.9. The zero-order valence-corrected chi connectivity index (χ0v) is 19.3. The molecule has 1 aromatic carbocycles. The van der Waals surface area contributed by atoms with E-state index in [-0.39, 0.29) is 0 Å². The number of piperazine rings is 1. The molecular weight excluding hydrogens is 412 g/mol. The van der Waals surface area contributed by atoms with Crippen LogP contribution in [0.15, 0.2) is 34.2 Å². The normalized spacial score (nSPS) is 17.9. The van der Waals surface area contributed by atoms with Gasteiger partial charge in [-0.25, -0.2) is 9.97 Å². The van der Waals surface area contributed by atoms with E-state index < -0.39 is 0 Å². The van der Waals surface area contributed by atoms with Crippen LogP contribution >= 0.6 is 23.1 Å². The van der Waals surface area contributed by atoms with Crippen LogP contribution < -0.4 is 4.74 Å². The van der Waals surface area contributed by atoms with Gasteiger partial charge in [0, 0.05) is 41.3 Å². The second kappa shape index (κ2) is 8.83. The van der Waals surface area contributed by atoms with Gasteiger partial charge in [-0.05, 0) is 62.6 Å². The van der Waals surface area contributed by atoms with Gasteiger partial charge in [0.2, 0.25) is 0 Å². The number of benzene rings is 1. The molecular formula is C23H28N4OS2. The molecule has 0 spiro atoms. The van der Waals surface area contributed by atoms with Crippen molar-refractivity contribution in [3.8, 4) is 5.75 Å². The van der Waals surface area contributed by atoms with Gasteiger partial charge < -0.3 is 9.64 Å². The lowest BCUT2D eigenvalue weighted by Crippen LogP contribution is -2.44. The van der Waals surface area contributed by atoms with Crippen molar-refractivity contribution in [3.05, 3.63) is 40.5 Å². The minimum atomic E-state index is 0.836. The first-order valence-electron chi connectivity index (χ1n) is 10.7. The summed E-state index contributed by atoms with van der Waals surface area (Å²) in [5.74, 6) is 1.84. The first-order valence-corrected chi connectivity index (χ1v) is 12.4. The van der Waals surface area contributed by atoms with Gasteiger partial charge in [-0.1, -0.05) is 11.8 Å². The number of ether oxygens (including phenoxy) is 1. The molecule has 0 atom stereocenters. The van der Waals surface area contributed by atoms with Gasteiger partial charge in [-0.2, -0.15) is 0 Å². The highest BCUT2D eigenvalue weighted by atomic mass is 32.2. The monoisotopic (exact) mass is 440 g/mol. The Morgan fingerprint density at radius 3 is 2.57 bits per heavy atom. The molecule has 0 amide bonds. The van der Waals surface area contributed by atoms with Crippen molar-refractivity contribution in [2.45, 2.75) is 42.1 Å². The summed E-state index contributed by atoms with van der Waals surface area (Å²) in [6.45, 7) is 5.23. The minimum Gasteiger partial charge on any atom is -0.497 e. The van der Waals surface area contributed by atoms with Gasteiger partial charge in [0.1, 0.15) is 21.4 Å². The highest BCUT2D eigenvalue weighted by Gasteiger charge is 2.23. The Morgan fingerprint density at radius 2 is 1.80 bits per heavy atom. The maximum Gasteiger partial charge on any atom is 0.145 e. The lowest BCUT2D eigenvalue weighted by atomic mass is 9.97. The maximum absolute atomic E-state index is 5.32. The molecule has 2 aromatic heterocycles. The van der Waals surface area contributed by atoms with Crippen LogP contribution in [0.3, 0.4) is 0 Å². The van der Waals surface area contributed by atoms with E-state index in [1.54, 1.807) is 18.9 Å². The molecule has 1 saturated heterocycles. The third kappa shape index (κ3) is 4.21. The number of rotatable bonds is 5. The number of hydrogen-bond acceptors (Lipinski definition) is 7. The van der Waals surface area contributed by atoms with E-state index in [1.807, 2.05) is 23.5 Å². The van der Waals surface area contributed by atoms with E-state index in [0.29, 0.717) is 0 Å². The molecule has 5 nitrogen and oxygen atoms in total. The summed E-state index contributed by atoms with van der Waals surface area (Å²) in [5.41, 5.74) is 1.50. The largest absolute Gasteiger partial charge is 0.497 e. The van der Waals surface area contributed by atoms with E-state index in [1.165, 1.54) is 44.8 Å². The van der Waals surface area contributed by atoms with Crippen molar-refractivity contribution < 1.29 is 4.74 Å². The lowest BCUT2D eigenvalue weighted by molar-refractivity contribution is 0.145. The van der Waals surface area contributed by atoms with Crippen LogP contribution in [0.2, 0.25) is 0 Å². The lowest BCUT2D eigenvalue weighted by Gasteiger charge is -2.31. The molecule has 1 aliphatic carbocycles. The molecule has 158 valence electrons. The van der Waals surface area contributed by atoms with Crippen molar-refractivity contribution in [3.63, 3.8) is 0 Å². The SMILES string of the molecule is COc1ccc(Sc2nc(CN3CCN(C)CC3)nc3sc4c(c23)CCCC4)cc1. The number of fused-ring (bicyclic) bond motifs is 3. The predicted octanol–water partition coefficient (Wildman–Crippen LogP) is 4.48. The summed E-state index contributed by atoms with van der Waals surface area (Å²) in [6, 6.07) is 8.29. The number of likely N-dealkylation sites (N-methyl/N-ethyl adjacent to an activating group) is 1. The summed E-state index contributed by atoms with van der Waals surface area (Å²) in [5, 5.41) is 2.42. The Bertz CT molecular complexity index is 1030. The topological polar surface area (TPSA) is 41.5 Å². The number of hydrogen-bond donors (Lipinski definition) is 0. The number of aromatic nitrogens is 2. The second-order valence-corrected chi connectivity index (χ2v) is 10.3. The Hall–Kier alpha value is -1.67. The van der Waals surface area contributed by atoms with Crippen LogP contribution in [0, 0.1) is 0 Å². The standard InChI is InChI=1S/C23H28N4OS2/c1-26-11-13-27(14-12-26)15-20-24-22(29-17-9-7-16(28-2)8-10-17)21-18-5-3-4-6-19(18)30-23(21)25-20/h7-10H,3-6,11-15H2,1-2H3. The number of nitrogens with zero attached hydrogens (tertiary/aromatic N) is 4. The molecule has 0 unspecified atom stereocenters. The van der Waals surface area contributed by atoms with Crippen LogP contribution in [0.25, 0.3) is 10.2 Å². The van der Waals surface area contributed by atoms with Gasteiger partial charge in [0.25, 0.3) is 0 Å². The van der Waals surface area contributed by atoms with Crippen LogP contribution in [0.4, 0.5) is 0 Å². The van der Waals surface area contributed by atoms with Gasteiger partial charge >= 0.3 is 0 Å². The minimum absolute atomic E-state index is 0.836. The van der Waals surface area contributed by atoms with Crippen molar-refractivity contribution in [2.75, 3.05) is 40.3 Å². The fourth-order valence-electron chi connectivity index (χ4n) is 4.27. The van der Waals surface area contributed by atoms with Crippen molar-refractivity contribution in [1.29, 1.82) is 0 Å². The average Bonchev–Trinajstić information content (AvgIpc) is 3.14. The molecule has 0 N–H and O–H groups in total. The zero-order valence-electron chi connectivity index (χ0n) is 17.7. The van der Waals surface area contributed by atoms with Crippen LogP contribution in [0.1, 0.15) is 29.1 Å². The zero-order chi connectivity index (χ0) is 20.5. The van der Waals surface area contributed by atoms with Gasteiger partial charge in [-0.15, -0.1) is 11.3 Å². The molecule has 1 aliphatic heterocycles. The Morgan fingerprint density at radius 1 is 1.03 bits per heavy atom. The molecule has 0 bridgehead atoms. The third-order valence-electron chi connectivity index (χ3n) is 6.06. The number of methoxy groups -OCH3 is 1. The summed E-state index contributed by atoms with van der Waals surface area (Å²) in [7, 11) is 3.90. The Kier molecular flexibility index (Phi) is 5.96. The van der Waals surface area contributed by atoms with Crippen LogP contribution in [-0.2, 0) is 19.4 Å². The van der Waals surface area contributed by atoms with Gasteiger partial charge in [-0.3, -0.25) is 4.90 Å². The summed E-state index contributed by atoms with van der Waals surface area (Å²) >= 11 is 3.66. The average molecular weight is 441 g/mol. The van der Waals surface area contributed by atoms with E-state index in [0.717, 1.165) is 55.7 Å². The number of aryl methyl sites for hydroxylation is 2. The fourth-order valence-corrected chi connectivity index (χ4v) is 6.59. The molecule has 5 rings (SSSR count). The Balaban J connectivity index is 1.50. The van der Waals surface area contributed by atoms with E-state index in [4.69, 9.17) is 14.7 Å². The molecule has 0 radical (unpaired) electrons. The first kappa shape index (κ1) is 20.2. The van der Waals surface area contributed by atoms with E-state index in [2.05, 4.69) is 29.0 Å². The molecule has 30 heavy (non-hydrogen) atoms. The second-order valence-electron chi connectivity index (χ2n) is 8.19. The van der Waals surface area contributed by atoms with Crippen molar-refractivity contribution in [1.82, 2.24) is 19.8 Å². The maximum atomic E-state index is 5.32. The van der Waals surface area contributed by atoms with Crippen molar-refractivity contribution in [2.24, 2.45) is 0 Å². The Labute approximate surface area is 186 Å².